The van der Waals surface area contributed by atoms with Crippen LogP contribution >= 0.6 is 0 Å². The summed E-state index contributed by atoms with van der Waals surface area (Å²) in [5, 5.41) is 8.39. The van der Waals surface area contributed by atoms with Crippen molar-refractivity contribution in [1.29, 1.82) is 0 Å². The van der Waals surface area contributed by atoms with Gasteiger partial charge in [0, 0.05) is 38.0 Å². The summed E-state index contributed by atoms with van der Waals surface area (Å²) in [5.74, 6) is 1.93. The number of aromatic nitrogens is 2. The molecule has 22 heavy (non-hydrogen) atoms. The first-order chi connectivity index (χ1) is 10.3. The van der Waals surface area contributed by atoms with Crippen LogP contribution in [-0.2, 0) is 4.74 Å². The largest absolute Gasteiger partial charge is 0.444 e. The van der Waals surface area contributed by atoms with E-state index in [4.69, 9.17) is 4.74 Å². The number of fused-ring (bicyclic) bond motifs is 1. The summed E-state index contributed by atoms with van der Waals surface area (Å²) in [6, 6.07) is 4.01. The number of hydrogen-bond acceptors (Lipinski definition) is 5. The van der Waals surface area contributed by atoms with E-state index in [-0.39, 0.29) is 6.09 Å². The van der Waals surface area contributed by atoms with Crippen LogP contribution in [0.5, 0.6) is 0 Å². The van der Waals surface area contributed by atoms with Crippen LogP contribution in [0.2, 0.25) is 0 Å². The van der Waals surface area contributed by atoms with Gasteiger partial charge in [0.1, 0.15) is 5.60 Å². The maximum atomic E-state index is 12.1. The Labute approximate surface area is 131 Å². The molecule has 2 saturated heterocycles. The van der Waals surface area contributed by atoms with E-state index < -0.39 is 5.60 Å². The summed E-state index contributed by atoms with van der Waals surface area (Å²) in [6.45, 7) is 11.1. The minimum Gasteiger partial charge on any atom is -0.444 e. The van der Waals surface area contributed by atoms with Gasteiger partial charge in [-0.1, -0.05) is 0 Å². The molecular formula is C16H24N4O2. The molecule has 1 aromatic heterocycles. The van der Waals surface area contributed by atoms with Gasteiger partial charge in [-0.2, -0.15) is 5.10 Å². The van der Waals surface area contributed by atoms with Crippen LogP contribution < -0.4 is 4.90 Å². The molecule has 1 aromatic rings. The molecule has 0 aromatic carbocycles. The van der Waals surface area contributed by atoms with Crippen LogP contribution in [0.15, 0.2) is 12.1 Å². The predicted molar refractivity (Wildman–Crippen MR) is 83.8 cm³/mol. The molecule has 2 atom stereocenters. The molecule has 2 fully saturated rings. The molecule has 2 aliphatic heterocycles. The highest BCUT2D eigenvalue weighted by molar-refractivity contribution is 5.68. The van der Waals surface area contributed by atoms with E-state index in [1.54, 1.807) is 0 Å². The van der Waals surface area contributed by atoms with Crippen LogP contribution in [0.25, 0.3) is 0 Å². The lowest BCUT2D eigenvalue weighted by atomic mass is 10.0. The summed E-state index contributed by atoms with van der Waals surface area (Å²) in [4.78, 5) is 16.3. The minimum atomic E-state index is -0.432. The van der Waals surface area contributed by atoms with E-state index in [0.29, 0.717) is 11.8 Å². The third-order valence-corrected chi connectivity index (χ3v) is 4.25. The van der Waals surface area contributed by atoms with Crippen molar-refractivity contribution >= 4 is 11.9 Å². The third kappa shape index (κ3) is 3.15. The fraction of sp³-hybridized carbons (Fsp3) is 0.688. The van der Waals surface area contributed by atoms with Gasteiger partial charge in [-0.15, -0.1) is 5.10 Å². The SMILES string of the molecule is Cc1ccc(N2CC3CN(C(=O)OC(C)(C)C)CC3C2)nn1. The lowest BCUT2D eigenvalue weighted by molar-refractivity contribution is 0.0282. The summed E-state index contributed by atoms with van der Waals surface area (Å²) in [7, 11) is 0. The van der Waals surface area contributed by atoms with Gasteiger partial charge >= 0.3 is 6.09 Å². The predicted octanol–water partition coefficient (Wildman–Crippen LogP) is 2.09. The van der Waals surface area contributed by atoms with E-state index in [9.17, 15) is 4.79 Å². The summed E-state index contributed by atoms with van der Waals surface area (Å²) in [6.07, 6.45) is -0.191. The van der Waals surface area contributed by atoms with Crippen molar-refractivity contribution < 1.29 is 9.53 Å². The number of rotatable bonds is 1. The Morgan fingerprint density at radius 3 is 2.27 bits per heavy atom. The summed E-state index contributed by atoms with van der Waals surface area (Å²) in [5.41, 5.74) is 0.498. The van der Waals surface area contributed by atoms with E-state index in [2.05, 4.69) is 15.1 Å². The van der Waals surface area contributed by atoms with Crippen molar-refractivity contribution in [3.8, 4) is 0 Å². The average Bonchev–Trinajstić information content (AvgIpc) is 2.95. The lowest BCUT2D eigenvalue weighted by Crippen LogP contribution is -2.37. The molecule has 2 aliphatic rings. The fourth-order valence-electron chi connectivity index (χ4n) is 3.22. The second-order valence-electron chi connectivity index (χ2n) is 7.34. The molecule has 0 aliphatic carbocycles. The third-order valence-electron chi connectivity index (χ3n) is 4.25. The molecule has 0 bridgehead atoms. The van der Waals surface area contributed by atoms with Gasteiger partial charge in [0.05, 0.1) is 5.69 Å². The summed E-state index contributed by atoms with van der Waals surface area (Å²) < 4.78 is 5.46. The molecule has 6 heteroatoms. The van der Waals surface area contributed by atoms with Gasteiger partial charge in [0.15, 0.2) is 5.82 Å². The number of ether oxygens (including phenoxy) is 1. The first-order valence-corrected chi connectivity index (χ1v) is 7.85. The maximum absolute atomic E-state index is 12.1. The molecule has 0 spiro atoms. The van der Waals surface area contributed by atoms with Gasteiger partial charge in [-0.05, 0) is 39.8 Å². The van der Waals surface area contributed by atoms with Gasteiger partial charge < -0.3 is 14.5 Å². The van der Waals surface area contributed by atoms with Crippen molar-refractivity contribution in [1.82, 2.24) is 15.1 Å². The molecule has 0 saturated carbocycles. The normalized spacial score (nSPS) is 24.5. The first kappa shape index (κ1) is 15.1. The highest BCUT2D eigenvalue weighted by Crippen LogP contribution is 2.33. The Morgan fingerprint density at radius 2 is 1.77 bits per heavy atom. The van der Waals surface area contributed by atoms with Crippen molar-refractivity contribution in [3.63, 3.8) is 0 Å². The molecule has 0 radical (unpaired) electrons. The van der Waals surface area contributed by atoms with Crippen LogP contribution in [0.4, 0.5) is 10.6 Å². The number of amides is 1. The molecule has 2 unspecified atom stereocenters. The van der Waals surface area contributed by atoms with E-state index >= 15 is 0 Å². The number of anilines is 1. The minimum absolute atomic E-state index is 0.191. The highest BCUT2D eigenvalue weighted by atomic mass is 16.6. The number of hydrogen-bond donors (Lipinski definition) is 0. The summed E-state index contributed by atoms with van der Waals surface area (Å²) >= 11 is 0. The zero-order chi connectivity index (χ0) is 15.9. The van der Waals surface area contributed by atoms with Crippen molar-refractivity contribution in [3.05, 3.63) is 17.8 Å². The topological polar surface area (TPSA) is 58.6 Å². The van der Waals surface area contributed by atoms with Gasteiger partial charge in [-0.3, -0.25) is 0 Å². The number of likely N-dealkylation sites (tertiary alicyclic amines) is 1. The van der Waals surface area contributed by atoms with Crippen LogP contribution in [0, 0.1) is 18.8 Å². The van der Waals surface area contributed by atoms with Crippen molar-refractivity contribution in [2.24, 2.45) is 11.8 Å². The molecular weight excluding hydrogens is 280 g/mol. The smallest absolute Gasteiger partial charge is 0.410 e. The number of carbonyl (C=O) groups is 1. The number of carbonyl (C=O) groups excluding carboxylic acids is 1. The van der Waals surface area contributed by atoms with Crippen molar-refractivity contribution in [2.75, 3.05) is 31.1 Å². The Balaban J connectivity index is 1.58. The molecule has 6 nitrogen and oxygen atoms in total. The van der Waals surface area contributed by atoms with Crippen LogP contribution in [-0.4, -0.2) is 53.0 Å². The van der Waals surface area contributed by atoms with Gasteiger partial charge in [-0.25, -0.2) is 4.79 Å². The molecule has 120 valence electrons. The molecule has 0 N–H and O–H groups in total. The second-order valence-corrected chi connectivity index (χ2v) is 7.34. The Kier molecular flexibility index (Phi) is 3.70. The maximum Gasteiger partial charge on any atom is 0.410 e. The Hall–Kier alpha value is -1.85. The second kappa shape index (κ2) is 5.41. The standard InChI is InChI=1S/C16H24N4O2/c1-11-5-6-14(18-17-11)19-7-12-9-20(10-13(12)8-19)15(21)22-16(2,3)4/h5-6,12-13H,7-10H2,1-4H3. The molecule has 1 amide bonds. The Bertz CT molecular complexity index is 538. The quantitative estimate of drug-likeness (QED) is 0.795. The van der Waals surface area contributed by atoms with E-state index in [0.717, 1.165) is 37.7 Å². The average molecular weight is 304 g/mol. The van der Waals surface area contributed by atoms with Crippen LogP contribution in [0.3, 0.4) is 0 Å². The van der Waals surface area contributed by atoms with Crippen LogP contribution in [0.1, 0.15) is 26.5 Å². The van der Waals surface area contributed by atoms with E-state index in [1.165, 1.54) is 0 Å². The Morgan fingerprint density at radius 1 is 1.14 bits per heavy atom. The molecule has 3 rings (SSSR count). The van der Waals surface area contributed by atoms with Gasteiger partial charge in [0.2, 0.25) is 0 Å². The van der Waals surface area contributed by atoms with Crippen molar-refractivity contribution in [2.45, 2.75) is 33.3 Å². The zero-order valence-corrected chi connectivity index (χ0v) is 13.7. The van der Waals surface area contributed by atoms with Gasteiger partial charge in [0.25, 0.3) is 0 Å². The molecule has 3 heterocycles. The number of nitrogens with zero attached hydrogens (tertiary/aromatic N) is 4. The number of aryl methyl sites for hydroxylation is 1. The fourth-order valence-corrected chi connectivity index (χ4v) is 3.22. The monoisotopic (exact) mass is 304 g/mol. The lowest BCUT2D eigenvalue weighted by Gasteiger charge is -2.26. The van der Waals surface area contributed by atoms with E-state index in [1.807, 2.05) is 44.7 Å². The first-order valence-electron chi connectivity index (χ1n) is 7.85. The zero-order valence-electron chi connectivity index (χ0n) is 13.7. The highest BCUT2D eigenvalue weighted by Gasteiger charge is 2.43.